The number of hydrogen-bond acceptors (Lipinski definition) is 5. The van der Waals surface area contributed by atoms with E-state index in [1.165, 1.54) is 16.3 Å². The van der Waals surface area contributed by atoms with Gasteiger partial charge in [-0.1, -0.05) is 56.3 Å². The molecule has 0 saturated carbocycles. The van der Waals surface area contributed by atoms with E-state index in [9.17, 15) is 4.79 Å². The monoisotopic (exact) mass is 389 g/mol. The number of carbonyl (C=O) groups is 3. The second kappa shape index (κ2) is 12.5. The van der Waals surface area contributed by atoms with Crippen LogP contribution >= 0.6 is 0 Å². The van der Waals surface area contributed by atoms with E-state index in [-0.39, 0.29) is 5.97 Å². The third-order valence-corrected chi connectivity index (χ3v) is 4.23. The van der Waals surface area contributed by atoms with Gasteiger partial charge in [0.1, 0.15) is 6.61 Å². The molecule has 2 aromatic carbocycles. The fourth-order valence-electron chi connectivity index (χ4n) is 2.65. The first-order chi connectivity index (χ1) is 13.4. The summed E-state index contributed by atoms with van der Waals surface area (Å²) in [5, 5.41) is 17.2. The average molecular weight is 389 g/mol. The molecule has 0 spiro atoms. The standard InChI is InChI=1S/C19H25NO2.C2H2O4/c1-3-20(4-2)14-15-22-19(21)13-12-17-10-7-9-16-8-5-6-11-18(16)17;3-1(4)2(5)6/h5-11H,3-4,12-15H2,1-2H3;(H,3,4)(H,5,6). The summed E-state index contributed by atoms with van der Waals surface area (Å²) in [5.74, 6) is -3.76. The summed E-state index contributed by atoms with van der Waals surface area (Å²) >= 11 is 0. The van der Waals surface area contributed by atoms with Crippen LogP contribution in [0, 0.1) is 0 Å². The second-order valence-electron chi connectivity index (χ2n) is 6.00. The average Bonchev–Trinajstić information content (AvgIpc) is 2.70. The van der Waals surface area contributed by atoms with E-state index in [0.29, 0.717) is 13.0 Å². The van der Waals surface area contributed by atoms with Gasteiger partial charge in [-0.2, -0.15) is 0 Å². The van der Waals surface area contributed by atoms with Crippen LogP contribution in [-0.4, -0.2) is 59.3 Å². The summed E-state index contributed by atoms with van der Waals surface area (Å²) in [6, 6.07) is 14.5. The van der Waals surface area contributed by atoms with Crippen molar-refractivity contribution in [3.05, 3.63) is 48.0 Å². The molecule has 0 unspecified atom stereocenters. The predicted molar refractivity (Wildman–Crippen MR) is 106 cm³/mol. The molecule has 7 nitrogen and oxygen atoms in total. The first-order valence-corrected chi connectivity index (χ1v) is 9.19. The van der Waals surface area contributed by atoms with Crippen molar-refractivity contribution < 1.29 is 29.3 Å². The lowest BCUT2D eigenvalue weighted by Crippen LogP contribution is -2.27. The molecule has 0 aliphatic heterocycles. The highest BCUT2D eigenvalue weighted by molar-refractivity contribution is 6.27. The molecular weight excluding hydrogens is 362 g/mol. The Balaban J connectivity index is 0.000000568. The normalized spacial score (nSPS) is 10.2. The van der Waals surface area contributed by atoms with Crippen LogP contribution in [0.25, 0.3) is 10.8 Å². The van der Waals surface area contributed by atoms with Gasteiger partial charge in [-0.25, -0.2) is 9.59 Å². The molecule has 0 aromatic heterocycles. The first kappa shape index (κ1) is 23.1. The number of hydrogen-bond donors (Lipinski definition) is 2. The Morgan fingerprint density at radius 3 is 2.14 bits per heavy atom. The highest BCUT2D eigenvalue weighted by Crippen LogP contribution is 2.19. The van der Waals surface area contributed by atoms with Crippen LogP contribution in [0.3, 0.4) is 0 Å². The number of rotatable bonds is 8. The third-order valence-electron chi connectivity index (χ3n) is 4.23. The zero-order valence-electron chi connectivity index (χ0n) is 16.3. The maximum absolute atomic E-state index is 11.9. The molecule has 2 rings (SSSR count). The second-order valence-corrected chi connectivity index (χ2v) is 6.00. The molecule has 0 heterocycles. The van der Waals surface area contributed by atoms with Crippen LogP contribution in [0.2, 0.25) is 0 Å². The van der Waals surface area contributed by atoms with E-state index in [1.54, 1.807) is 0 Å². The molecule has 28 heavy (non-hydrogen) atoms. The van der Waals surface area contributed by atoms with Gasteiger partial charge in [0.2, 0.25) is 0 Å². The molecular formula is C21H27NO6. The van der Waals surface area contributed by atoms with Gasteiger partial charge in [0.15, 0.2) is 0 Å². The minimum atomic E-state index is -1.82. The van der Waals surface area contributed by atoms with Gasteiger partial charge in [-0.05, 0) is 35.8 Å². The van der Waals surface area contributed by atoms with Crippen LogP contribution in [0.15, 0.2) is 42.5 Å². The first-order valence-electron chi connectivity index (χ1n) is 9.19. The Labute approximate surface area is 164 Å². The van der Waals surface area contributed by atoms with E-state index in [0.717, 1.165) is 26.1 Å². The molecule has 7 heteroatoms. The van der Waals surface area contributed by atoms with Gasteiger partial charge in [0.05, 0.1) is 0 Å². The molecule has 0 aliphatic carbocycles. The minimum absolute atomic E-state index is 0.111. The number of carbonyl (C=O) groups excluding carboxylic acids is 1. The number of aryl methyl sites for hydroxylation is 1. The van der Waals surface area contributed by atoms with E-state index in [4.69, 9.17) is 24.5 Å². The molecule has 0 saturated heterocycles. The zero-order valence-corrected chi connectivity index (χ0v) is 16.3. The number of likely N-dealkylation sites (N-methyl/N-ethyl adjacent to an activating group) is 1. The molecule has 0 amide bonds. The predicted octanol–water partition coefficient (Wildman–Crippen LogP) is 2.81. The van der Waals surface area contributed by atoms with Crippen LogP contribution in [0.4, 0.5) is 0 Å². The zero-order chi connectivity index (χ0) is 20.9. The van der Waals surface area contributed by atoms with Gasteiger partial charge >= 0.3 is 17.9 Å². The molecule has 152 valence electrons. The van der Waals surface area contributed by atoms with Crippen LogP contribution < -0.4 is 0 Å². The number of aliphatic carboxylic acids is 2. The summed E-state index contributed by atoms with van der Waals surface area (Å²) in [6.45, 7) is 7.51. The highest BCUT2D eigenvalue weighted by Gasteiger charge is 2.07. The van der Waals surface area contributed by atoms with E-state index in [2.05, 4.69) is 43.0 Å². The summed E-state index contributed by atoms with van der Waals surface area (Å²) in [4.78, 5) is 32.3. The molecule has 2 N–H and O–H groups in total. The van der Waals surface area contributed by atoms with Gasteiger partial charge in [0.25, 0.3) is 0 Å². The van der Waals surface area contributed by atoms with Gasteiger partial charge in [-0.3, -0.25) is 4.79 Å². The van der Waals surface area contributed by atoms with E-state index < -0.39 is 11.9 Å². The Hall–Kier alpha value is -2.93. The van der Waals surface area contributed by atoms with Gasteiger partial charge < -0.3 is 19.8 Å². The maximum atomic E-state index is 11.9. The number of nitrogens with zero attached hydrogens (tertiary/aromatic N) is 1. The number of ether oxygens (including phenoxy) is 1. The quantitative estimate of drug-likeness (QED) is 0.528. The van der Waals surface area contributed by atoms with E-state index in [1.807, 2.05) is 18.2 Å². The Morgan fingerprint density at radius 2 is 1.54 bits per heavy atom. The van der Waals surface area contributed by atoms with Crippen LogP contribution in [-0.2, 0) is 25.5 Å². The number of carboxylic acids is 2. The van der Waals surface area contributed by atoms with Crippen LogP contribution in [0.5, 0.6) is 0 Å². The Kier molecular flexibility index (Phi) is 10.3. The molecule has 0 bridgehead atoms. The topological polar surface area (TPSA) is 104 Å². The molecule has 0 fully saturated rings. The largest absolute Gasteiger partial charge is 0.473 e. The summed E-state index contributed by atoms with van der Waals surface area (Å²) in [6.07, 6.45) is 1.16. The minimum Gasteiger partial charge on any atom is -0.473 e. The molecule has 0 radical (unpaired) electrons. The summed E-state index contributed by atoms with van der Waals surface area (Å²) < 4.78 is 5.33. The van der Waals surface area contributed by atoms with Crippen molar-refractivity contribution in [3.63, 3.8) is 0 Å². The molecule has 2 aromatic rings. The van der Waals surface area contributed by atoms with Crippen molar-refractivity contribution >= 4 is 28.7 Å². The number of fused-ring (bicyclic) bond motifs is 1. The molecule has 0 aliphatic rings. The van der Waals surface area contributed by atoms with Gasteiger partial charge in [0, 0.05) is 13.0 Å². The number of benzene rings is 2. The highest BCUT2D eigenvalue weighted by atomic mass is 16.5. The smallest absolute Gasteiger partial charge is 0.414 e. The lowest BCUT2D eigenvalue weighted by Gasteiger charge is -2.17. The number of esters is 1. The lowest BCUT2D eigenvalue weighted by molar-refractivity contribution is -0.159. The SMILES string of the molecule is CCN(CC)CCOC(=O)CCc1cccc2ccccc12.O=C(O)C(=O)O. The summed E-state index contributed by atoms with van der Waals surface area (Å²) in [5.41, 5.74) is 1.21. The lowest BCUT2D eigenvalue weighted by atomic mass is 10.0. The van der Waals surface area contributed by atoms with Crippen molar-refractivity contribution in [2.24, 2.45) is 0 Å². The van der Waals surface area contributed by atoms with Crippen molar-refractivity contribution in [1.82, 2.24) is 4.90 Å². The maximum Gasteiger partial charge on any atom is 0.414 e. The van der Waals surface area contributed by atoms with E-state index >= 15 is 0 Å². The fraction of sp³-hybridized carbons (Fsp3) is 0.381. The summed E-state index contributed by atoms with van der Waals surface area (Å²) in [7, 11) is 0. The third kappa shape index (κ3) is 8.18. The Morgan fingerprint density at radius 1 is 0.929 bits per heavy atom. The van der Waals surface area contributed by atoms with Crippen molar-refractivity contribution in [2.45, 2.75) is 26.7 Å². The van der Waals surface area contributed by atoms with Crippen molar-refractivity contribution in [1.29, 1.82) is 0 Å². The Bertz CT molecular complexity index is 768. The van der Waals surface area contributed by atoms with Crippen molar-refractivity contribution in [2.75, 3.05) is 26.2 Å². The fourth-order valence-corrected chi connectivity index (χ4v) is 2.65. The van der Waals surface area contributed by atoms with Crippen molar-refractivity contribution in [3.8, 4) is 0 Å². The van der Waals surface area contributed by atoms with Crippen LogP contribution in [0.1, 0.15) is 25.8 Å². The van der Waals surface area contributed by atoms with Gasteiger partial charge in [-0.15, -0.1) is 0 Å². The molecule has 0 atom stereocenters. The number of carboxylic acid groups (broad SMARTS) is 2.